The van der Waals surface area contributed by atoms with Gasteiger partial charge in [-0.25, -0.2) is 29.7 Å². The van der Waals surface area contributed by atoms with Crippen molar-refractivity contribution in [3.05, 3.63) is 56.8 Å². The number of thiazole rings is 2. The second kappa shape index (κ2) is 38.2. The Balaban J connectivity index is 1.23. The Morgan fingerprint density at radius 2 is 1.44 bits per heavy atom. The highest BCUT2D eigenvalue weighted by molar-refractivity contribution is 7.14. The average Bonchev–Trinajstić information content (AvgIpc) is 1.07. The monoisotopic (exact) mass is 1440 g/mol. The first-order chi connectivity index (χ1) is 47.0. The fourth-order valence-corrected chi connectivity index (χ4v) is 11.8. The Morgan fingerprint density at radius 1 is 0.747 bits per heavy atom. The third-order valence-corrected chi connectivity index (χ3v) is 17.7. The highest BCUT2D eigenvalue weighted by atomic mass is 32.1. The van der Waals surface area contributed by atoms with Crippen LogP contribution in [0.5, 0.6) is 0 Å². The minimum absolute atomic E-state index is 0.0140. The second-order valence-electron chi connectivity index (χ2n) is 23.4. The molecule has 2 aliphatic rings. The molecule has 2 saturated heterocycles. The average molecular weight is 1440 g/mol. The fraction of sp³-hybridized carbons (Fsp3) is 0.632. The van der Waals surface area contributed by atoms with E-state index in [1.807, 2.05) is 0 Å². The number of aliphatic hydroxyl groups excluding tert-OH is 8. The van der Waals surface area contributed by atoms with E-state index in [1.54, 1.807) is 10.8 Å². The van der Waals surface area contributed by atoms with Crippen LogP contribution in [0.2, 0.25) is 0 Å². The number of carbonyl (C=O) groups excluding carboxylic acids is 8. The molecule has 8 amide bonds. The van der Waals surface area contributed by atoms with Crippen LogP contribution in [-0.2, 0) is 54.1 Å². The largest absolute Gasteiger partial charge is 0.441 e. The molecular formula is C57H89N19O21S2. The van der Waals surface area contributed by atoms with Gasteiger partial charge in [0, 0.05) is 48.8 Å². The Kier molecular flexibility index (Phi) is 30.9. The molecular weight excluding hydrogens is 1350 g/mol. The van der Waals surface area contributed by atoms with Crippen LogP contribution in [0.4, 0.5) is 10.6 Å². The van der Waals surface area contributed by atoms with Crippen molar-refractivity contribution < 1.29 is 103 Å². The number of H-pyrrole nitrogens is 1. The van der Waals surface area contributed by atoms with Gasteiger partial charge in [-0.3, -0.25) is 33.6 Å². The highest BCUT2D eigenvalue weighted by Gasteiger charge is 2.54. The number of hydrogen-bond donors (Lipinski definition) is 22. The number of rotatable bonds is 39. The number of aromatic nitrogens is 6. The lowest BCUT2D eigenvalue weighted by Crippen LogP contribution is -2.65. The van der Waals surface area contributed by atoms with Crippen molar-refractivity contribution >= 4 is 75.9 Å². The van der Waals surface area contributed by atoms with E-state index in [2.05, 4.69) is 67.1 Å². The summed E-state index contributed by atoms with van der Waals surface area (Å²) in [6.07, 6.45) is -22.5. The summed E-state index contributed by atoms with van der Waals surface area (Å²) in [6, 6.07) is -7.87. The van der Waals surface area contributed by atoms with Crippen LogP contribution in [0.1, 0.15) is 102 Å². The number of amides is 8. The number of anilines is 1. The first-order valence-corrected chi connectivity index (χ1v) is 33.1. The first kappa shape index (κ1) is 80.2. The number of carbonyl (C=O) groups is 8. The second-order valence-corrected chi connectivity index (χ2v) is 25.2. The zero-order valence-electron chi connectivity index (χ0n) is 54.4. The molecule has 19 atom stereocenters. The van der Waals surface area contributed by atoms with E-state index in [1.165, 1.54) is 50.4 Å². The van der Waals surface area contributed by atoms with Crippen LogP contribution in [-0.4, -0.2) is 268 Å². The Labute approximate surface area is 573 Å². The lowest BCUT2D eigenvalue weighted by Gasteiger charge is -2.47. The number of aliphatic hydroxyl groups is 8. The molecule has 40 nitrogen and oxygen atoms in total. The minimum Gasteiger partial charge on any atom is -0.441 e. The van der Waals surface area contributed by atoms with Gasteiger partial charge in [-0.2, -0.15) is 0 Å². The molecule has 6 rings (SSSR count). The number of hydrogen-bond acceptors (Lipinski definition) is 33. The van der Waals surface area contributed by atoms with Crippen LogP contribution in [0.15, 0.2) is 23.3 Å². The summed E-state index contributed by atoms with van der Waals surface area (Å²) in [6.45, 7) is 5.29. The van der Waals surface area contributed by atoms with E-state index in [9.17, 15) is 74.4 Å². The predicted molar refractivity (Wildman–Crippen MR) is 346 cm³/mol. The van der Waals surface area contributed by atoms with Crippen LogP contribution >= 0.6 is 22.7 Å². The van der Waals surface area contributed by atoms with Crippen molar-refractivity contribution in [3.8, 4) is 10.7 Å². The zero-order valence-corrected chi connectivity index (χ0v) is 56.0. The van der Waals surface area contributed by atoms with E-state index in [4.69, 9.17) is 58.1 Å². The van der Waals surface area contributed by atoms with E-state index in [-0.39, 0.29) is 54.0 Å². The van der Waals surface area contributed by atoms with Gasteiger partial charge in [0.2, 0.25) is 29.5 Å². The lowest BCUT2D eigenvalue weighted by atomic mass is 9.96. The van der Waals surface area contributed by atoms with E-state index in [0.717, 1.165) is 44.9 Å². The summed E-state index contributed by atoms with van der Waals surface area (Å²) in [4.78, 5) is 131. The molecule has 0 saturated carbocycles. The van der Waals surface area contributed by atoms with Gasteiger partial charge in [0.25, 0.3) is 11.8 Å². The van der Waals surface area contributed by atoms with Gasteiger partial charge in [0.1, 0.15) is 94.6 Å². The summed E-state index contributed by atoms with van der Waals surface area (Å²) in [5, 5.41) is 111. The number of nitrogens with zero attached hydrogens (tertiary/aromatic N) is 5. The molecule has 2 fully saturated rings. The van der Waals surface area contributed by atoms with Gasteiger partial charge in [0.05, 0.1) is 72.7 Å². The topological polar surface area (TPSA) is 665 Å². The van der Waals surface area contributed by atoms with Gasteiger partial charge >= 0.3 is 6.09 Å². The molecule has 0 radical (unpaired) electrons. The number of ether oxygens (including phenoxy) is 5. The Morgan fingerprint density at radius 3 is 2.09 bits per heavy atom. The normalized spacial score (nSPS) is 23.6. The predicted octanol–water partition coefficient (Wildman–Crippen LogP) is -8.25. The zero-order chi connectivity index (χ0) is 72.9. The molecule has 99 heavy (non-hydrogen) atoms. The summed E-state index contributed by atoms with van der Waals surface area (Å²) >= 11 is 2.50. The van der Waals surface area contributed by atoms with Crippen molar-refractivity contribution in [2.45, 2.75) is 170 Å². The molecule has 4 aromatic heterocycles. The van der Waals surface area contributed by atoms with Crippen LogP contribution in [0.25, 0.3) is 10.7 Å². The molecule has 42 heteroatoms. The number of nitrogen functional groups attached to an aromatic ring is 1. The summed E-state index contributed by atoms with van der Waals surface area (Å²) in [7, 11) is 0. The lowest BCUT2D eigenvalue weighted by molar-refractivity contribution is -0.372. The van der Waals surface area contributed by atoms with Crippen molar-refractivity contribution in [2.75, 3.05) is 58.2 Å². The molecule has 0 bridgehead atoms. The molecule has 0 aromatic carbocycles. The standard InChI is InChI=1S/C57H89N19O21S2/c1-22-35(73-48(76-46(22)61)27(14-33(60)80)68-15-26(59)47(62)86)52(90)75-37(43(28-16-65-21-69-28)95-56-45(41(84)39(82)31(17-77)94-56)96-55-42(85)44(97-57(63)92)40(83)32(18-78)93-55)53(91)70-24(3)38(81)23(2)49(87)74-36(25(4)79)51(89)67-13-8-34-71-30(20-98-34)54-72-29(19-99-54)50(88)66-12-7-11-64-10-6-5-9-58/h16,19-21,23-27,31-32,36-45,55-56,64,68,77-79,81-85H,5-15,17-18,58-59H2,1-4H3,(H2,60,80)(H2,62,86)(H2,63,92)(H,65,69)(H,66,88)(H,67,89)(H,70,91)(H,74,87)(H,75,90)(H2,61,73,76)/t23-,24+,25+,26-,27-,31-,32+,36-,37-,38-,39-,40+,41+,42-,43+,44+,45-,55+,56-/m0/s1. The number of nitrogens with two attached hydrogens (primary N) is 6. The summed E-state index contributed by atoms with van der Waals surface area (Å²) < 4.78 is 28.7. The van der Waals surface area contributed by atoms with Crippen LogP contribution < -0.4 is 71.6 Å². The number of nitrogens with one attached hydrogen (secondary N) is 8. The molecule has 6 heterocycles. The van der Waals surface area contributed by atoms with Crippen molar-refractivity contribution in [1.82, 2.24) is 67.1 Å². The number of primary amides is 3. The number of imidazole rings is 1. The maximum Gasteiger partial charge on any atom is 0.404 e. The third-order valence-electron chi connectivity index (χ3n) is 15.9. The van der Waals surface area contributed by atoms with Gasteiger partial charge in [-0.15, -0.1) is 22.7 Å². The molecule has 550 valence electrons. The van der Waals surface area contributed by atoms with Gasteiger partial charge in [-0.1, -0.05) is 6.92 Å². The molecule has 4 aromatic rings. The maximum absolute atomic E-state index is 15.2. The van der Waals surface area contributed by atoms with Crippen LogP contribution in [0.3, 0.4) is 0 Å². The van der Waals surface area contributed by atoms with E-state index in [0.29, 0.717) is 28.8 Å². The fourth-order valence-electron chi connectivity index (χ4n) is 10.2. The van der Waals surface area contributed by atoms with Gasteiger partial charge in [-0.05, 0) is 59.7 Å². The maximum atomic E-state index is 15.2. The third kappa shape index (κ3) is 22.1. The van der Waals surface area contributed by atoms with Gasteiger partial charge in [0.15, 0.2) is 18.7 Å². The Bertz CT molecular complexity index is 3320. The van der Waals surface area contributed by atoms with Gasteiger partial charge < -0.3 is 141 Å². The minimum atomic E-state index is -2.20. The number of unbranched alkanes of at least 4 members (excludes halogenated alkanes) is 1. The quantitative estimate of drug-likeness (QED) is 0.0185. The van der Waals surface area contributed by atoms with Crippen molar-refractivity contribution in [2.24, 2.45) is 34.6 Å². The highest BCUT2D eigenvalue weighted by Crippen LogP contribution is 2.35. The molecule has 0 unspecified atom stereocenters. The smallest absolute Gasteiger partial charge is 0.404 e. The van der Waals surface area contributed by atoms with Crippen molar-refractivity contribution in [3.63, 3.8) is 0 Å². The SMILES string of the molecule is Cc1c(N)nc([C@H](CC(N)=O)NC[C@H](N)C(N)=O)nc1C(=O)N[C@H](C(=O)N[C@H](C)[C@@H](O)[C@H](C)C(=O)N[C@H](C(=O)NCCc1nc(-c2nc(C(=O)NCCCNCCCCN)cs2)cs1)[C@@H](C)O)[C@H](O[C@@H]1O[C@@H](CO)[C@H](O)[C@@H](O)[C@@H]1O[C@H]1O[C@H](CO)[C@@H](O)[C@@H](OC(N)=O)[C@@H]1O)c1cnc[nH]1. The first-order valence-electron chi connectivity index (χ1n) is 31.4. The Hall–Kier alpha value is -7.73. The van der Waals surface area contributed by atoms with E-state index >= 15 is 4.79 Å². The van der Waals surface area contributed by atoms with E-state index < -0.39 is 183 Å². The molecule has 0 aliphatic carbocycles. The van der Waals surface area contributed by atoms with Crippen LogP contribution in [0, 0.1) is 12.8 Å². The molecule has 28 N–H and O–H groups in total. The molecule has 2 aliphatic heterocycles. The van der Waals surface area contributed by atoms with Crippen molar-refractivity contribution in [1.29, 1.82) is 0 Å². The number of aromatic amines is 1. The summed E-state index contributed by atoms with van der Waals surface area (Å²) in [5.74, 6) is -8.74. The summed E-state index contributed by atoms with van der Waals surface area (Å²) in [5.41, 5.74) is 33.6. The molecule has 0 spiro atoms.